The van der Waals surface area contributed by atoms with Gasteiger partial charge in [-0.3, -0.25) is 19.2 Å². The minimum Gasteiger partial charge on any atom is -0.481 e. The van der Waals surface area contributed by atoms with Crippen LogP contribution in [0.5, 0.6) is 0 Å². The Labute approximate surface area is 372 Å². The zero-order valence-electron chi connectivity index (χ0n) is 39.5. The number of ketones is 1. The van der Waals surface area contributed by atoms with Crippen LogP contribution in [0, 0.1) is 68.0 Å². The van der Waals surface area contributed by atoms with Gasteiger partial charge in [-0.25, -0.2) is 0 Å². The topological polar surface area (TPSA) is 142 Å². The fourth-order valence-electron chi connectivity index (χ4n) is 15.2. The standard InChI is InChI=1S/C51H73F3N2O7/c1-28(2)39-34(57)25-50(37(58)26-55-27-44(3,4)56-41(59)29-12-14-30(15-13-29)51(52,53)54)23-22-48(10)31(40(39)50)16-17-36-47(9)20-19-38(46(7,8)35(47)18-21-49(36,48)11)63-43(62)33-24-32(42(60)61)45(33,5)6/h12-15,28,31-33,35-38,55,58H,16-27H2,1-11H3,(H,56,59)(H,60,61)/t31-,32+,33-,35+,36-,37+,38+,47+,48-,49-,50+/m1/s1. The quantitative estimate of drug-likeness (QED) is 0.161. The Balaban J connectivity index is 1.07. The molecule has 0 spiro atoms. The van der Waals surface area contributed by atoms with Crippen molar-refractivity contribution in [1.29, 1.82) is 0 Å². The van der Waals surface area contributed by atoms with Gasteiger partial charge in [-0.2, -0.15) is 13.2 Å². The first kappa shape index (κ1) is 47.7. The van der Waals surface area contributed by atoms with E-state index in [1.54, 1.807) is 0 Å². The van der Waals surface area contributed by atoms with E-state index in [2.05, 4.69) is 59.1 Å². The highest BCUT2D eigenvalue weighted by molar-refractivity contribution is 6.01. The zero-order chi connectivity index (χ0) is 46.7. The molecule has 5 saturated carbocycles. The second-order valence-corrected chi connectivity index (χ2v) is 23.7. The van der Waals surface area contributed by atoms with Crippen LogP contribution < -0.4 is 10.6 Å². The summed E-state index contributed by atoms with van der Waals surface area (Å²) in [5, 5.41) is 28.3. The molecular formula is C51H73F3N2O7. The Kier molecular flexibility index (Phi) is 11.9. The van der Waals surface area contributed by atoms with Crippen LogP contribution in [0.25, 0.3) is 0 Å². The molecule has 0 unspecified atom stereocenters. The number of carbonyl (C=O) groups excluding carboxylic acids is 3. The number of hydrogen-bond acceptors (Lipinski definition) is 7. The predicted octanol–water partition coefficient (Wildman–Crippen LogP) is 9.80. The molecule has 1 amide bonds. The van der Waals surface area contributed by atoms with Crippen molar-refractivity contribution < 1.29 is 47.3 Å². The zero-order valence-corrected chi connectivity index (χ0v) is 39.5. The highest BCUT2D eigenvalue weighted by Gasteiger charge is 2.71. The number of hydrogen-bond donors (Lipinski definition) is 4. The van der Waals surface area contributed by atoms with Gasteiger partial charge < -0.3 is 25.6 Å². The number of halogens is 3. The van der Waals surface area contributed by atoms with Crippen LogP contribution in [0.4, 0.5) is 13.2 Å². The van der Waals surface area contributed by atoms with Gasteiger partial charge >= 0.3 is 18.1 Å². The minimum atomic E-state index is -4.50. The second-order valence-electron chi connectivity index (χ2n) is 23.7. The number of carboxylic acids is 1. The van der Waals surface area contributed by atoms with Crippen molar-refractivity contribution in [3.05, 3.63) is 46.5 Å². The van der Waals surface area contributed by atoms with Crippen molar-refractivity contribution >= 4 is 23.6 Å². The van der Waals surface area contributed by atoms with Gasteiger partial charge in [0.25, 0.3) is 5.91 Å². The molecule has 9 nitrogen and oxygen atoms in total. The Bertz CT molecular complexity index is 2040. The third-order valence-electron chi connectivity index (χ3n) is 19.0. The van der Waals surface area contributed by atoms with Crippen LogP contribution in [-0.2, 0) is 25.3 Å². The molecule has 0 radical (unpaired) electrons. The van der Waals surface area contributed by atoms with Crippen molar-refractivity contribution in [2.45, 2.75) is 164 Å². The number of esters is 1. The Morgan fingerprint density at radius 1 is 0.841 bits per heavy atom. The molecule has 0 aliphatic heterocycles. The second kappa shape index (κ2) is 15.7. The van der Waals surface area contributed by atoms with Gasteiger partial charge in [0.1, 0.15) is 6.10 Å². The number of carboxylic acid groups (broad SMARTS) is 1. The van der Waals surface area contributed by atoms with E-state index in [9.17, 15) is 42.6 Å². The number of aliphatic hydroxyl groups excluding tert-OH is 1. The fourth-order valence-corrected chi connectivity index (χ4v) is 15.2. The van der Waals surface area contributed by atoms with Crippen molar-refractivity contribution in [1.82, 2.24) is 10.6 Å². The summed E-state index contributed by atoms with van der Waals surface area (Å²) in [5.41, 5.74) is -1.20. The highest BCUT2D eigenvalue weighted by atomic mass is 19.4. The summed E-state index contributed by atoms with van der Waals surface area (Å²) in [4.78, 5) is 52.7. The third-order valence-corrected chi connectivity index (χ3v) is 19.0. The monoisotopic (exact) mass is 883 g/mol. The van der Waals surface area contributed by atoms with Crippen molar-refractivity contribution in [3.8, 4) is 0 Å². The van der Waals surface area contributed by atoms with Crippen LogP contribution in [-0.4, -0.2) is 64.7 Å². The first-order chi connectivity index (χ1) is 29.0. The number of allylic oxidation sites excluding steroid dienone is 1. The van der Waals surface area contributed by atoms with Crippen LogP contribution >= 0.6 is 0 Å². The molecule has 1 aromatic rings. The smallest absolute Gasteiger partial charge is 0.416 e. The molecule has 1 aromatic carbocycles. The SMILES string of the molecule is CC(C)C1=C2[C@H]3CC[C@@H]4[C@@]5(C)CC[C@H](OC(=O)[C@H]6C[C@@H](C(=O)O)C6(C)C)C(C)(C)[C@@H]5CC[C@@]4(C)[C@]3(C)CC[C@@]2([C@@H](O)CNCC(C)(C)NC(=O)c2ccc(C(F)(F)F)cc2)CC1=O. The molecule has 0 heterocycles. The number of rotatable bonds is 11. The average molecular weight is 883 g/mol. The summed E-state index contributed by atoms with van der Waals surface area (Å²) in [6.07, 6.45) is 2.27. The van der Waals surface area contributed by atoms with Gasteiger partial charge in [0.2, 0.25) is 0 Å². The molecule has 0 aromatic heterocycles. The number of carbonyl (C=O) groups is 4. The lowest BCUT2D eigenvalue weighted by molar-refractivity contribution is -0.238. The molecule has 4 N–H and O–H groups in total. The highest BCUT2D eigenvalue weighted by Crippen LogP contribution is 2.77. The third kappa shape index (κ3) is 7.51. The van der Waals surface area contributed by atoms with Gasteiger partial charge in [0.15, 0.2) is 5.78 Å². The summed E-state index contributed by atoms with van der Waals surface area (Å²) in [6, 6.07) is 4.13. The van der Waals surface area contributed by atoms with E-state index in [0.717, 1.165) is 62.7 Å². The Morgan fingerprint density at radius 2 is 1.49 bits per heavy atom. The van der Waals surface area contributed by atoms with E-state index in [-0.39, 0.29) is 76.4 Å². The van der Waals surface area contributed by atoms with E-state index < -0.39 is 57.9 Å². The summed E-state index contributed by atoms with van der Waals surface area (Å²) >= 11 is 0. The van der Waals surface area contributed by atoms with Crippen LogP contribution in [0.15, 0.2) is 35.4 Å². The summed E-state index contributed by atoms with van der Waals surface area (Å²) < 4.78 is 45.7. The van der Waals surface area contributed by atoms with Crippen molar-refractivity contribution in [2.75, 3.05) is 13.1 Å². The van der Waals surface area contributed by atoms with Gasteiger partial charge in [-0.1, -0.05) is 67.9 Å². The number of amides is 1. The van der Waals surface area contributed by atoms with E-state index in [0.29, 0.717) is 24.7 Å². The lowest BCUT2D eigenvalue weighted by Gasteiger charge is -2.72. The number of ether oxygens (including phenoxy) is 1. The first-order valence-electron chi connectivity index (χ1n) is 23.6. The Morgan fingerprint density at radius 3 is 2.08 bits per heavy atom. The normalized spacial score (nSPS) is 37.5. The van der Waals surface area contributed by atoms with Crippen LogP contribution in [0.3, 0.4) is 0 Å². The molecule has 5 fully saturated rings. The van der Waals surface area contributed by atoms with Crippen molar-refractivity contribution in [3.63, 3.8) is 0 Å². The number of aliphatic hydroxyl groups is 1. The molecule has 11 atom stereocenters. The maximum atomic E-state index is 14.2. The Hall–Kier alpha value is -3.25. The number of alkyl halides is 3. The molecule has 7 rings (SSSR count). The predicted molar refractivity (Wildman–Crippen MR) is 234 cm³/mol. The summed E-state index contributed by atoms with van der Waals surface area (Å²) in [5.74, 6) is -1.55. The first-order valence-corrected chi connectivity index (χ1v) is 23.6. The maximum Gasteiger partial charge on any atom is 0.416 e. The largest absolute Gasteiger partial charge is 0.481 e. The van der Waals surface area contributed by atoms with E-state index in [4.69, 9.17) is 4.74 Å². The number of aliphatic carboxylic acids is 1. The van der Waals surface area contributed by atoms with Crippen LogP contribution in [0.2, 0.25) is 0 Å². The minimum absolute atomic E-state index is 0.00495. The molecule has 6 aliphatic carbocycles. The van der Waals surface area contributed by atoms with E-state index in [1.165, 1.54) is 17.7 Å². The summed E-state index contributed by atoms with van der Waals surface area (Å²) in [7, 11) is 0. The number of nitrogens with one attached hydrogen (secondary N) is 2. The lowest BCUT2D eigenvalue weighted by Crippen LogP contribution is -2.66. The molecule has 63 heavy (non-hydrogen) atoms. The number of fused-ring (bicyclic) bond motifs is 7. The van der Waals surface area contributed by atoms with E-state index >= 15 is 0 Å². The number of benzene rings is 1. The molecule has 6 aliphatic rings. The van der Waals surface area contributed by atoms with Crippen molar-refractivity contribution in [2.24, 2.45) is 68.0 Å². The maximum absolute atomic E-state index is 14.2. The number of Topliss-reactive ketones (excluding diaryl/α,β-unsaturated/α-hetero) is 1. The average Bonchev–Trinajstić information content (AvgIpc) is 3.48. The van der Waals surface area contributed by atoms with Gasteiger partial charge in [0.05, 0.1) is 23.5 Å². The molecule has 0 bridgehead atoms. The van der Waals surface area contributed by atoms with Gasteiger partial charge in [-0.05, 0) is 147 Å². The molecular weight excluding hydrogens is 810 g/mol. The van der Waals surface area contributed by atoms with Gasteiger partial charge in [0, 0.05) is 41.4 Å². The van der Waals surface area contributed by atoms with Gasteiger partial charge in [-0.15, -0.1) is 0 Å². The molecule has 0 saturated heterocycles. The molecule has 350 valence electrons. The lowest BCUT2D eigenvalue weighted by atomic mass is 9.33. The van der Waals surface area contributed by atoms with Crippen LogP contribution in [0.1, 0.15) is 156 Å². The van der Waals surface area contributed by atoms with E-state index in [1.807, 2.05) is 27.7 Å². The molecule has 12 heteroatoms. The fraction of sp³-hybridized carbons (Fsp3) is 0.765. The summed E-state index contributed by atoms with van der Waals surface area (Å²) in [6.45, 7) is 24.1.